The van der Waals surface area contributed by atoms with Crippen molar-refractivity contribution >= 4 is 6.03 Å². The SMILES string of the molecule is CCCCNC(=O)N(CC1CCCCN1)C(C)C. The zero-order valence-corrected chi connectivity index (χ0v) is 12.2. The maximum Gasteiger partial charge on any atom is 0.317 e. The molecule has 4 nitrogen and oxygen atoms in total. The number of rotatable bonds is 6. The number of nitrogens with one attached hydrogen (secondary N) is 2. The molecular weight excluding hydrogens is 226 g/mol. The van der Waals surface area contributed by atoms with Crippen LogP contribution < -0.4 is 10.6 Å². The Morgan fingerprint density at radius 2 is 2.22 bits per heavy atom. The highest BCUT2D eigenvalue weighted by molar-refractivity contribution is 5.74. The Hall–Kier alpha value is -0.770. The van der Waals surface area contributed by atoms with Crippen molar-refractivity contribution < 1.29 is 4.79 Å². The molecule has 0 bridgehead atoms. The summed E-state index contributed by atoms with van der Waals surface area (Å²) in [4.78, 5) is 14.1. The van der Waals surface area contributed by atoms with Crippen molar-refractivity contribution in [2.75, 3.05) is 19.6 Å². The monoisotopic (exact) mass is 255 g/mol. The lowest BCUT2D eigenvalue weighted by atomic mass is 10.0. The summed E-state index contributed by atoms with van der Waals surface area (Å²) in [5.41, 5.74) is 0. The lowest BCUT2D eigenvalue weighted by Crippen LogP contribution is -2.51. The van der Waals surface area contributed by atoms with E-state index in [1.54, 1.807) is 0 Å². The van der Waals surface area contributed by atoms with Crippen molar-refractivity contribution in [2.24, 2.45) is 0 Å². The maximum absolute atomic E-state index is 12.1. The van der Waals surface area contributed by atoms with E-state index in [2.05, 4.69) is 31.4 Å². The van der Waals surface area contributed by atoms with Crippen molar-refractivity contribution in [1.29, 1.82) is 0 Å². The lowest BCUT2D eigenvalue weighted by Gasteiger charge is -2.33. The van der Waals surface area contributed by atoms with Gasteiger partial charge in [0.05, 0.1) is 0 Å². The van der Waals surface area contributed by atoms with E-state index in [1.807, 2.05) is 4.90 Å². The molecule has 2 N–H and O–H groups in total. The molecule has 0 aliphatic carbocycles. The smallest absolute Gasteiger partial charge is 0.317 e. The Balaban J connectivity index is 2.39. The van der Waals surface area contributed by atoms with E-state index in [9.17, 15) is 4.79 Å². The van der Waals surface area contributed by atoms with Gasteiger partial charge in [0.15, 0.2) is 0 Å². The Morgan fingerprint density at radius 1 is 1.44 bits per heavy atom. The highest BCUT2D eigenvalue weighted by atomic mass is 16.2. The van der Waals surface area contributed by atoms with Crippen LogP contribution in [-0.2, 0) is 0 Å². The molecule has 2 amide bonds. The summed E-state index contributed by atoms with van der Waals surface area (Å²) < 4.78 is 0. The molecule has 0 saturated carbocycles. The van der Waals surface area contributed by atoms with Gasteiger partial charge in [-0.2, -0.15) is 0 Å². The number of hydrogen-bond acceptors (Lipinski definition) is 2. The minimum Gasteiger partial charge on any atom is -0.338 e. The summed E-state index contributed by atoms with van der Waals surface area (Å²) in [5, 5.41) is 6.52. The van der Waals surface area contributed by atoms with Crippen molar-refractivity contribution in [3.05, 3.63) is 0 Å². The first-order valence-corrected chi connectivity index (χ1v) is 7.43. The second kappa shape index (κ2) is 8.35. The normalized spacial score (nSPS) is 19.9. The third-order valence-electron chi connectivity index (χ3n) is 3.52. The van der Waals surface area contributed by atoms with Crippen LogP contribution in [0.5, 0.6) is 0 Å². The van der Waals surface area contributed by atoms with Gasteiger partial charge in [0.1, 0.15) is 0 Å². The standard InChI is InChI=1S/C14H29N3O/c1-4-5-9-16-14(18)17(12(2)3)11-13-8-6-7-10-15-13/h12-13,15H,4-11H2,1-3H3,(H,16,18). The molecule has 1 aliphatic heterocycles. The molecule has 1 unspecified atom stereocenters. The molecule has 0 aromatic heterocycles. The van der Waals surface area contributed by atoms with Gasteiger partial charge >= 0.3 is 6.03 Å². The van der Waals surface area contributed by atoms with E-state index in [4.69, 9.17) is 0 Å². The van der Waals surface area contributed by atoms with Crippen molar-refractivity contribution in [3.63, 3.8) is 0 Å². The number of hydrogen-bond donors (Lipinski definition) is 2. The summed E-state index contributed by atoms with van der Waals surface area (Å²) in [6.07, 6.45) is 5.90. The van der Waals surface area contributed by atoms with Crippen molar-refractivity contribution in [1.82, 2.24) is 15.5 Å². The largest absolute Gasteiger partial charge is 0.338 e. The average Bonchev–Trinajstić information content (AvgIpc) is 2.37. The van der Waals surface area contributed by atoms with Gasteiger partial charge in [-0.15, -0.1) is 0 Å². The Morgan fingerprint density at radius 3 is 2.78 bits per heavy atom. The molecule has 0 aromatic carbocycles. The van der Waals surface area contributed by atoms with E-state index in [-0.39, 0.29) is 12.1 Å². The average molecular weight is 255 g/mol. The van der Waals surface area contributed by atoms with Gasteiger partial charge < -0.3 is 15.5 Å². The van der Waals surface area contributed by atoms with Crippen LogP contribution in [0.25, 0.3) is 0 Å². The van der Waals surface area contributed by atoms with Crippen LogP contribution in [0.1, 0.15) is 52.9 Å². The Bertz CT molecular complexity index is 237. The molecule has 0 aromatic rings. The fraction of sp³-hybridized carbons (Fsp3) is 0.929. The minimum absolute atomic E-state index is 0.0887. The Labute approximate surface area is 111 Å². The zero-order valence-electron chi connectivity index (χ0n) is 12.2. The van der Waals surface area contributed by atoms with Crippen LogP contribution in [0, 0.1) is 0 Å². The Kier molecular flexibility index (Phi) is 7.09. The summed E-state index contributed by atoms with van der Waals surface area (Å²) in [7, 11) is 0. The topological polar surface area (TPSA) is 44.4 Å². The first-order valence-electron chi connectivity index (χ1n) is 7.43. The molecule has 4 heteroatoms. The van der Waals surface area contributed by atoms with E-state index < -0.39 is 0 Å². The summed E-state index contributed by atoms with van der Waals surface area (Å²) >= 11 is 0. The minimum atomic E-state index is 0.0887. The molecule has 1 heterocycles. The van der Waals surface area contributed by atoms with Gasteiger partial charge in [-0.25, -0.2) is 4.79 Å². The molecule has 1 rings (SSSR count). The first kappa shape index (κ1) is 15.3. The predicted molar refractivity (Wildman–Crippen MR) is 75.8 cm³/mol. The molecule has 106 valence electrons. The van der Waals surface area contributed by atoms with Crippen LogP contribution in [-0.4, -0.2) is 42.6 Å². The maximum atomic E-state index is 12.1. The van der Waals surface area contributed by atoms with Gasteiger partial charge in [0.25, 0.3) is 0 Å². The quantitative estimate of drug-likeness (QED) is 0.716. The summed E-state index contributed by atoms with van der Waals surface area (Å²) in [6, 6.07) is 0.819. The fourth-order valence-electron chi connectivity index (χ4n) is 2.32. The molecule has 1 saturated heterocycles. The van der Waals surface area contributed by atoms with Crippen molar-refractivity contribution in [3.8, 4) is 0 Å². The number of urea groups is 1. The summed E-state index contributed by atoms with van der Waals surface area (Å²) in [5.74, 6) is 0. The molecule has 1 atom stereocenters. The number of piperidine rings is 1. The van der Waals surface area contributed by atoms with Gasteiger partial charge in [-0.05, 0) is 39.7 Å². The number of unbranched alkanes of at least 4 members (excludes halogenated alkanes) is 1. The summed E-state index contributed by atoms with van der Waals surface area (Å²) in [6.45, 7) is 9.02. The third-order valence-corrected chi connectivity index (χ3v) is 3.52. The van der Waals surface area contributed by atoms with E-state index >= 15 is 0 Å². The van der Waals surface area contributed by atoms with E-state index in [0.717, 1.165) is 32.5 Å². The molecule has 1 fully saturated rings. The number of carbonyl (C=O) groups is 1. The van der Waals surface area contributed by atoms with Gasteiger partial charge in [0, 0.05) is 25.2 Å². The van der Waals surface area contributed by atoms with Crippen LogP contribution in [0.3, 0.4) is 0 Å². The molecule has 0 radical (unpaired) electrons. The molecule has 1 aliphatic rings. The van der Waals surface area contributed by atoms with Crippen LogP contribution in [0.2, 0.25) is 0 Å². The predicted octanol–water partition coefficient (Wildman–Crippen LogP) is 2.35. The second-order valence-electron chi connectivity index (χ2n) is 5.48. The van der Waals surface area contributed by atoms with Crippen LogP contribution in [0.15, 0.2) is 0 Å². The van der Waals surface area contributed by atoms with E-state index in [0.29, 0.717) is 6.04 Å². The molecule has 18 heavy (non-hydrogen) atoms. The molecular formula is C14H29N3O. The zero-order chi connectivity index (χ0) is 13.4. The van der Waals surface area contributed by atoms with Gasteiger partial charge in [-0.3, -0.25) is 0 Å². The lowest BCUT2D eigenvalue weighted by molar-refractivity contribution is 0.170. The van der Waals surface area contributed by atoms with Crippen LogP contribution >= 0.6 is 0 Å². The second-order valence-corrected chi connectivity index (χ2v) is 5.48. The molecule has 0 spiro atoms. The third kappa shape index (κ3) is 5.25. The van der Waals surface area contributed by atoms with Gasteiger partial charge in [0.2, 0.25) is 0 Å². The van der Waals surface area contributed by atoms with Gasteiger partial charge in [-0.1, -0.05) is 19.8 Å². The fourth-order valence-corrected chi connectivity index (χ4v) is 2.32. The number of carbonyl (C=O) groups excluding carboxylic acids is 1. The highest BCUT2D eigenvalue weighted by Gasteiger charge is 2.22. The van der Waals surface area contributed by atoms with Crippen molar-refractivity contribution in [2.45, 2.75) is 65.0 Å². The number of amides is 2. The first-order chi connectivity index (χ1) is 8.65. The van der Waals surface area contributed by atoms with E-state index in [1.165, 1.54) is 19.3 Å². The highest BCUT2D eigenvalue weighted by Crippen LogP contribution is 2.10. The number of nitrogens with zero attached hydrogens (tertiary/aromatic N) is 1. The van der Waals surface area contributed by atoms with Crippen LogP contribution in [0.4, 0.5) is 4.79 Å².